The Morgan fingerprint density at radius 2 is 0.806 bits per heavy atom. The van der Waals surface area contributed by atoms with Crippen molar-refractivity contribution in [2.75, 3.05) is 38.0 Å². The van der Waals surface area contributed by atoms with Crippen molar-refractivity contribution >= 4 is 23.1 Å². The van der Waals surface area contributed by atoms with Crippen molar-refractivity contribution in [2.24, 2.45) is 0 Å². The monoisotopic (exact) mass is 424 g/mol. The van der Waals surface area contributed by atoms with Crippen LogP contribution in [-0.4, -0.2) is 28.2 Å². The van der Waals surface area contributed by atoms with Crippen LogP contribution in [-0.2, 0) is 0 Å². The molecule has 0 aromatic heterocycles. The first kappa shape index (κ1) is 21.1. The number of benzene rings is 4. The van der Waals surface area contributed by atoms with Gasteiger partial charge in [-0.2, -0.15) is 0 Å². The molecular weight excluding hydrogens is 396 g/mol. The summed E-state index contributed by atoms with van der Waals surface area (Å²) >= 11 is 1.80. The van der Waals surface area contributed by atoms with Crippen molar-refractivity contribution in [3.05, 3.63) is 97.1 Å². The quantitative estimate of drug-likeness (QED) is 0.320. The van der Waals surface area contributed by atoms with E-state index in [2.05, 4.69) is 135 Å². The molecule has 4 aromatic carbocycles. The lowest BCUT2D eigenvalue weighted by molar-refractivity contribution is 1.13. The molecule has 0 atom stereocenters. The Balaban J connectivity index is 1.52. The van der Waals surface area contributed by atoms with E-state index in [1.54, 1.807) is 11.8 Å². The molecule has 0 N–H and O–H groups in total. The molecule has 0 unspecified atom stereocenters. The molecule has 0 spiro atoms. The van der Waals surface area contributed by atoms with E-state index in [-0.39, 0.29) is 0 Å². The highest BCUT2D eigenvalue weighted by Crippen LogP contribution is 2.35. The highest BCUT2D eigenvalue weighted by Gasteiger charge is 2.08. The van der Waals surface area contributed by atoms with Crippen LogP contribution in [0.5, 0.6) is 0 Å². The highest BCUT2D eigenvalue weighted by atomic mass is 32.2. The van der Waals surface area contributed by atoms with Gasteiger partial charge in [-0.15, -0.1) is 0 Å². The third-order valence-electron chi connectivity index (χ3n) is 5.34. The summed E-state index contributed by atoms with van der Waals surface area (Å²) in [4.78, 5) is 6.81. The minimum atomic E-state index is 1.23. The Bertz CT molecular complexity index is 1050. The van der Waals surface area contributed by atoms with Crippen molar-refractivity contribution < 1.29 is 0 Å². The van der Waals surface area contributed by atoms with E-state index in [0.717, 1.165) is 0 Å². The molecule has 0 saturated carbocycles. The van der Waals surface area contributed by atoms with E-state index in [9.17, 15) is 0 Å². The van der Waals surface area contributed by atoms with Crippen molar-refractivity contribution in [3.63, 3.8) is 0 Å². The number of para-hydroxylation sites is 2. The van der Waals surface area contributed by atoms with Gasteiger partial charge in [-0.1, -0.05) is 72.4 Å². The van der Waals surface area contributed by atoms with Crippen LogP contribution in [0, 0.1) is 0 Å². The summed E-state index contributed by atoms with van der Waals surface area (Å²) < 4.78 is 0. The summed E-state index contributed by atoms with van der Waals surface area (Å²) in [7, 11) is 8.35. The predicted octanol–water partition coefficient (Wildman–Crippen LogP) is 7.30. The van der Waals surface area contributed by atoms with Gasteiger partial charge in [0.1, 0.15) is 0 Å². The summed E-state index contributed by atoms with van der Waals surface area (Å²) in [5, 5.41) is 0. The van der Waals surface area contributed by atoms with Crippen molar-refractivity contribution in [3.8, 4) is 22.3 Å². The molecule has 31 heavy (non-hydrogen) atoms. The topological polar surface area (TPSA) is 6.48 Å². The largest absolute Gasteiger partial charge is 0.377 e. The van der Waals surface area contributed by atoms with Gasteiger partial charge in [0, 0.05) is 60.5 Å². The molecule has 0 aliphatic heterocycles. The zero-order chi connectivity index (χ0) is 21.8. The van der Waals surface area contributed by atoms with E-state index in [4.69, 9.17) is 0 Å². The van der Waals surface area contributed by atoms with Crippen molar-refractivity contribution in [1.29, 1.82) is 0 Å². The fourth-order valence-electron chi connectivity index (χ4n) is 3.76. The number of hydrogen-bond donors (Lipinski definition) is 0. The molecule has 4 rings (SSSR count). The summed E-state index contributed by atoms with van der Waals surface area (Å²) in [6, 6.07) is 34.8. The van der Waals surface area contributed by atoms with Crippen LogP contribution in [0.1, 0.15) is 0 Å². The zero-order valence-electron chi connectivity index (χ0n) is 18.5. The molecule has 0 amide bonds. The molecule has 0 aliphatic rings. The second kappa shape index (κ2) is 9.32. The van der Waals surface area contributed by atoms with Crippen LogP contribution in [0.15, 0.2) is 107 Å². The fourth-order valence-corrected chi connectivity index (χ4v) is 4.57. The third-order valence-corrected chi connectivity index (χ3v) is 6.35. The zero-order valence-corrected chi connectivity index (χ0v) is 19.4. The summed E-state index contributed by atoms with van der Waals surface area (Å²) in [6.07, 6.45) is 0. The molecule has 0 saturated heterocycles. The Kier molecular flexibility index (Phi) is 6.34. The summed E-state index contributed by atoms with van der Waals surface area (Å²) in [5.41, 5.74) is 7.46. The van der Waals surface area contributed by atoms with E-state index < -0.39 is 0 Å². The van der Waals surface area contributed by atoms with Gasteiger partial charge in [0.2, 0.25) is 0 Å². The number of anilines is 2. The molecule has 2 nitrogen and oxygen atoms in total. The molecule has 0 radical (unpaired) electrons. The first-order valence-corrected chi connectivity index (χ1v) is 11.3. The number of nitrogens with zero attached hydrogens (tertiary/aromatic N) is 2. The van der Waals surface area contributed by atoms with E-state index >= 15 is 0 Å². The van der Waals surface area contributed by atoms with Crippen LogP contribution in [0.3, 0.4) is 0 Å². The molecule has 0 fully saturated rings. The SMILES string of the molecule is CN(C)c1ccccc1-c1ccc(Sc2ccc(-c3ccccc3N(C)C)cc2)cc1. The molecule has 3 heteroatoms. The lowest BCUT2D eigenvalue weighted by Crippen LogP contribution is -2.09. The Labute approximate surface area is 190 Å². The molecule has 0 bridgehead atoms. The second-order valence-electron chi connectivity index (χ2n) is 7.97. The van der Waals surface area contributed by atoms with E-state index in [1.165, 1.54) is 43.4 Å². The van der Waals surface area contributed by atoms with Gasteiger partial charge in [-0.25, -0.2) is 0 Å². The minimum Gasteiger partial charge on any atom is -0.377 e. The number of rotatable bonds is 6. The molecule has 0 heterocycles. The first-order chi connectivity index (χ1) is 15.0. The summed E-state index contributed by atoms with van der Waals surface area (Å²) in [6.45, 7) is 0. The number of hydrogen-bond acceptors (Lipinski definition) is 3. The average molecular weight is 425 g/mol. The first-order valence-electron chi connectivity index (χ1n) is 10.4. The Morgan fingerprint density at radius 3 is 1.16 bits per heavy atom. The standard InChI is InChI=1S/C28H28N2S/c1-29(2)27-11-7-5-9-25(27)21-13-17-23(18-14-21)31-24-19-15-22(16-20-24)26-10-6-8-12-28(26)30(3)4/h5-20H,1-4H3. The third kappa shape index (κ3) is 4.78. The highest BCUT2D eigenvalue weighted by molar-refractivity contribution is 7.99. The molecule has 156 valence electrons. The van der Waals surface area contributed by atoms with Crippen LogP contribution < -0.4 is 9.80 Å². The van der Waals surface area contributed by atoms with Crippen LogP contribution in [0.4, 0.5) is 11.4 Å². The van der Waals surface area contributed by atoms with E-state index in [1.807, 2.05) is 0 Å². The predicted molar refractivity (Wildman–Crippen MR) is 137 cm³/mol. The normalized spacial score (nSPS) is 10.7. The van der Waals surface area contributed by atoms with Crippen LogP contribution in [0.25, 0.3) is 22.3 Å². The van der Waals surface area contributed by atoms with Gasteiger partial charge in [0.05, 0.1) is 0 Å². The lowest BCUT2D eigenvalue weighted by atomic mass is 10.0. The Hall–Kier alpha value is -3.17. The van der Waals surface area contributed by atoms with Gasteiger partial charge in [-0.3, -0.25) is 0 Å². The van der Waals surface area contributed by atoms with Gasteiger partial charge < -0.3 is 9.80 Å². The maximum atomic E-state index is 2.21. The van der Waals surface area contributed by atoms with Crippen LogP contribution in [0.2, 0.25) is 0 Å². The van der Waals surface area contributed by atoms with Gasteiger partial charge in [-0.05, 0) is 47.5 Å². The lowest BCUT2D eigenvalue weighted by Gasteiger charge is -2.18. The maximum Gasteiger partial charge on any atom is 0.0440 e. The fraction of sp³-hybridized carbons (Fsp3) is 0.143. The molecule has 4 aromatic rings. The average Bonchev–Trinajstić information content (AvgIpc) is 2.80. The van der Waals surface area contributed by atoms with Gasteiger partial charge in [0.25, 0.3) is 0 Å². The van der Waals surface area contributed by atoms with E-state index in [0.29, 0.717) is 0 Å². The maximum absolute atomic E-state index is 2.21. The Morgan fingerprint density at radius 1 is 0.452 bits per heavy atom. The minimum absolute atomic E-state index is 1.23. The molecular formula is C28H28N2S. The van der Waals surface area contributed by atoms with Crippen molar-refractivity contribution in [1.82, 2.24) is 0 Å². The van der Waals surface area contributed by atoms with Gasteiger partial charge >= 0.3 is 0 Å². The summed E-state index contributed by atoms with van der Waals surface area (Å²) in [5.74, 6) is 0. The second-order valence-corrected chi connectivity index (χ2v) is 9.12. The van der Waals surface area contributed by atoms with Gasteiger partial charge in [0.15, 0.2) is 0 Å². The molecule has 0 aliphatic carbocycles. The van der Waals surface area contributed by atoms with Crippen LogP contribution >= 0.6 is 11.8 Å². The van der Waals surface area contributed by atoms with Crippen molar-refractivity contribution in [2.45, 2.75) is 9.79 Å². The smallest absolute Gasteiger partial charge is 0.0440 e.